The first-order valence-electron chi connectivity index (χ1n) is 8.20. The molecule has 1 N–H and O–H groups in total. The van der Waals surface area contributed by atoms with Gasteiger partial charge in [0.2, 0.25) is 0 Å². The fourth-order valence-electron chi connectivity index (χ4n) is 2.93. The molecule has 7 nitrogen and oxygen atoms in total. The predicted octanol–water partition coefficient (Wildman–Crippen LogP) is 2.57. The standard InChI is InChI=1S/C19H17N3O4S/c1-11-15-17(27-16(11)19(24)25)21-14(6-7-26-2)22(18(15)23)10-13-5-3-4-12(8-13)9-20/h3-5,8H,6-7,10H2,1-2H3,(H,24,25). The minimum absolute atomic E-state index is 0.122. The van der Waals surface area contributed by atoms with E-state index in [0.717, 1.165) is 16.9 Å². The summed E-state index contributed by atoms with van der Waals surface area (Å²) in [5.41, 5.74) is 1.45. The average Bonchev–Trinajstić information content (AvgIpc) is 2.99. The number of carboxylic acid groups (broad SMARTS) is 1. The molecule has 3 aromatic rings. The van der Waals surface area contributed by atoms with Crippen LogP contribution in [0, 0.1) is 18.3 Å². The van der Waals surface area contributed by atoms with Crippen molar-refractivity contribution in [1.29, 1.82) is 5.26 Å². The van der Waals surface area contributed by atoms with Crippen LogP contribution in [0.3, 0.4) is 0 Å². The van der Waals surface area contributed by atoms with Crippen LogP contribution >= 0.6 is 11.3 Å². The Morgan fingerprint density at radius 1 is 1.44 bits per heavy atom. The summed E-state index contributed by atoms with van der Waals surface area (Å²) in [5, 5.41) is 18.8. The zero-order chi connectivity index (χ0) is 19.6. The number of carbonyl (C=O) groups is 1. The first-order valence-corrected chi connectivity index (χ1v) is 9.02. The van der Waals surface area contributed by atoms with Gasteiger partial charge in [-0.05, 0) is 30.2 Å². The van der Waals surface area contributed by atoms with Gasteiger partial charge in [-0.25, -0.2) is 9.78 Å². The largest absolute Gasteiger partial charge is 0.477 e. The van der Waals surface area contributed by atoms with Crippen LogP contribution in [0.4, 0.5) is 0 Å². The van der Waals surface area contributed by atoms with Crippen LogP contribution in [0.2, 0.25) is 0 Å². The third-order valence-corrected chi connectivity index (χ3v) is 5.42. The van der Waals surface area contributed by atoms with E-state index in [9.17, 15) is 14.7 Å². The molecule has 0 amide bonds. The molecule has 0 saturated carbocycles. The molecule has 0 radical (unpaired) electrons. The smallest absolute Gasteiger partial charge is 0.346 e. The van der Waals surface area contributed by atoms with Crippen LogP contribution in [0.25, 0.3) is 10.2 Å². The third-order valence-electron chi connectivity index (χ3n) is 4.25. The molecule has 2 aromatic heterocycles. The summed E-state index contributed by atoms with van der Waals surface area (Å²) in [5.74, 6) is -0.545. The highest BCUT2D eigenvalue weighted by molar-refractivity contribution is 7.20. The lowest BCUT2D eigenvalue weighted by Gasteiger charge is -2.13. The molecule has 0 aliphatic carbocycles. The number of benzene rings is 1. The van der Waals surface area contributed by atoms with Gasteiger partial charge < -0.3 is 9.84 Å². The van der Waals surface area contributed by atoms with Crippen LogP contribution in [-0.2, 0) is 17.7 Å². The summed E-state index contributed by atoms with van der Waals surface area (Å²) >= 11 is 1.01. The van der Waals surface area contributed by atoms with Crippen molar-refractivity contribution in [3.8, 4) is 6.07 Å². The molecule has 27 heavy (non-hydrogen) atoms. The van der Waals surface area contributed by atoms with Crippen molar-refractivity contribution in [2.75, 3.05) is 13.7 Å². The van der Waals surface area contributed by atoms with E-state index in [2.05, 4.69) is 11.1 Å². The van der Waals surface area contributed by atoms with Crippen molar-refractivity contribution in [3.63, 3.8) is 0 Å². The number of carboxylic acids is 1. The molecule has 138 valence electrons. The number of aromatic carboxylic acids is 1. The Morgan fingerprint density at radius 2 is 2.22 bits per heavy atom. The van der Waals surface area contributed by atoms with Crippen LogP contribution in [0.1, 0.15) is 32.2 Å². The molecule has 0 atom stereocenters. The van der Waals surface area contributed by atoms with E-state index in [1.165, 1.54) is 4.57 Å². The third kappa shape index (κ3) is 3.60. The molecule has 0 bridgehead atoms. The Hall–Kier alpha value is -3.02. The molecule has 0 aliphatic heterocycles. The molecule has 0 aliphatic rings. The first kappa shape index (κ1) is 18.8. The second-order valence-corrected chi connectivity index (χ2v) is 7.01. The van der Waals surface area contributed by atoms with Crippen LogP contribution < -0.4 is 5.56 Å². The zero-order valence-electron chi connectivity index (χ0n) is 14.9. The van der Waals surface area contributed by atoms with Gasteiger partial charge in [0.15, 0.2) is 0 Å². The van der Waals surface area contributed by atoms with Gasteiger partial charge >= 0.3 is 5.97 Å². The van der Waals surface area contributed by atoms with Crippen molar-refractivity contribution in [2.45, 2.75) is 19.9 Å². The monoisotopic (exact) mass is 383 g/mol. The summed E-state index contributed by atoms with van der Waals surface area (Å²) in [6.45, 7) is 2.25. The van der Waals surface area contributed by atoms with Gasteiger partial charge in [-0.1, -0.05) is 12.1 Å². The number of nitrogens with zero attached hydrogens (tertiary/aromatic N) is 3. The van der Waals surface area contributed by atoms with E-state index in [0.29, 0.717) is 40.2 Å². The Balaban J connectivity index is 2.20. The summed E-state index contributed by atoms with van der Waals surface area (Å²) < 4.78 is 6.65. The van der Waals surface area contributed by atoms with Gasteiger partial charge in [0.1, 0.15) is 15.5 Å². The highest BCUT2D eigenvalue weighted by Crippen LogP contribution is 2.27. The van der Waals surface area contributed by atoms with Gasteiger partial charge in [-0.2, -0.15) is 5.26 Å². The number of aromatic nitrogens is 2. The number of hydrogen-bond acceptors (Lipinski definition) is 6. The lowest BCUT2D eigenvalue weighted by molar-refractivity contribution is 0.0701. The van der Waals surface area contributed by atoms with Crippen molar-refractivity contribution >= 4 is 27.5 Å². The molecule has 0 saturated heterocycles. The van der Waals surface area contributed by atoms with Crippen molar-refractivity contribution in [2.24, 2.45) is 0 Å². The van der Waals surface area contributed by atoms with E-state index in [4.69, 9.17) is 10.00 Å². The fraction of sp³-hybridized carbons (Fsp3) is 0.263. The minimum atomic E-state index is -1.07. The molecular weight excluding hydrogens is 366 g/mol. The number of aryl methyl sites for hydroxylation is 1. The Kier molecular flexibility index (Phi) is 5.35. The predicted molar refractivity (Wildman–Crippen MR) is 101 cm³/mol. The van der Waals surface area contributed by atoms with Crippen LogP contribution in [-0.4, -0.2) is 34.3 Å². The maximum Gasteiger partial charge on any atom is 0.346 e. The number of nitriles is 1. The minimum Gasteiger partial charge on any atom is -0.477 e. The van der Waals surface area contributed by atoms with Crippen molar-refractivity contribution < 1.29 is 14.6 Å². The van der Waals surface area contributed by atoms with E-state index in [1.54, 1.807) is 32.2 Å². The number of thiophene rings is 1. The molecule has 1 aromatic carbocycles. The van der Waals surface area contributed by atoms with E-state index >= 15 is 0 Å². The van der Waals surface area contributed by atoms with E-state index in [1.807, 2.05) is 6.07 Å². The maximum absolute atomic E-state index is 13.2. The molecule has 0 spiro atoms. The summed E-state index contributed by atoms with van der Waals surface area (Å²) in [7, 11) is 1.56. The fourth-order valence-corrected chi connectivity index (χ4v) is 3.96. The molecule has 0 unspecified atom stereocenters. The summed E-state index contributed by atoms with van der Waals surface area (Å²) in [4.78, 5) is 29.7. The quantitative estimate of drug-likeness (QED) is 0.701. The number of methoxy groups -OCH3 is 1. The topological polar surface area (TPSA) is 105 Å². The number of hydrogen-bond donors (Lipinski definition) is 1. The molecule has 3 rings (SSSR count). The maximum atomic E-state index is 13.2. The van der Waals surface area contributed by atoms with Gasteiger partial charge in [0.05, 0.1) is 30.2 Å². The van der Waals surface area contributed by atoms with Gasteiger partial charge in [-0.15, -0.1) is 11.3 Å². The van der Waals surface area contributed by atoms with E-state index < -0.39 is 5.97 Å². The summed E-state index contributed by atoms with van der Waals surface area (Å²) in [6, 6.07) is 9.10. The molecule has 2 heterocycles. The number of fused-ring (bicyclic) bond motifs is 1. The van der Waals surface area contributed by atoms with Crippen molar-refractivity contribution in [3.05, 3.63) is 62.0 Å². The first-order chi connectivity index (χ1) is 13.0. The number of rotatable bonds is 6. The SMILES string of the molecule is COCCc1nc2sc(C(=O)O)c(C)c2c(=O)n1Cc1cccc(C#N)c1. The van der Waals surface area contributed by atoms with Crippen molar-refractivity contribution in [1.82, 2.24) is 9.55 Å². The molecule has 8 heteroatoms. The van der Waals surface area contributed by atoms with Gasteiger partial charge in [0, 0.05) is 13.5 Å². The highest BCUT2D eigenvalue weighted by Gasteiger charge is 2.21. The number of ether oxygens (including phenoxy) is 1. The lowest BCUT2D eigenvalue weighted by atomic mass is 10.1. The summed E-state index contributed by atoms with van der Waals surface area (Å²) in [6.07, 6.45) is 0.416. The van der Waals surface area contributed by atoms with Crippen LogP contribution in [0.5, 0.6) is 0 Å². The van der Waals surface area contributed by atoms with Gasteiger partial charge in [-0.3, -0.25) is 9.36 Å². The Bertz CT molecular complexity index is 1120. The average molecular weight is 383 g/mol. The second-order valence-electron chi connectivity index (χ2n) is 6.02. The normalized spacial score (nSPS) is 10.9. The van der Waals surface area contributed by atoms with Gasteiger partial charge in [0.25, 0.3) is 5.56 Å². The second kappa shape index (κ2) is 7.70. The zero-order valence-corrected chi connectivity index (χ0v) is 15.7. The lowest BCUT2D eigenvalue weighted by Crippen LogP contribution is -2.26. The molecule has 0 fully saturated rings. The Labute approximate surface area is 159 Å². The highest BCUT2D eigenvalue weighted by atomic mass is 32.1. The van der Waals surface area contributed by atoms with Crippen LogP contribution in [0.15, 0.2) is 29.1 Å². The Morgan fingerprint density at radius 3 is 2.89 bits per heavy atom. The molecular formula is C19H17N3O4S. The van der Waals surface area contributed by atoms with E-state index in [-0.39, 0.29) is 17.0 Å².